The van der Waals surface area contributed by atoms with E-state index in [0.29, 0.717) is 0 Å². The number of benzene rings is 1. The lowest BCUT2D eigenvalue weighted by Gasteiger charge is -2.08. The lowest BCUT2D eigenvalue weighted by Crippen LogP contribution is -2.14. The second-order valence-electron chi connectivity index (χ2n) is 4.54. The number of aromatic nitrogens is 2. The fraction of sp³-hybridized carbons (Fsp3) is 0.462. The Balaban J connectivity index is 1.79. The maximum atomic E-state index is 4.47. The number of hydrogen-bond acceptors (Lipinski definition) is 3. The van der Waals surface area contributed by atoms with Gasteiger partial charge in [0.1, 0.15) is 0 Å². The van der Waals surface area contributed by atoms with E-state index in [4.69, 9.17) is 0 Å². The highest BCUT2D eigenvalue weighted by Gasteiger charge is 2.00. The average Bonchev–Trinajstić information content (AvgIpc) is 2.70. The summed E-state index contributed by atoms with van der Waals surface area (Å²) in [4.78, 5) is 9.94. The minimum Gasteiger partial charge on any atom is -0.356 e. The Labute approximate surface area is 102 Å². The molecule has 0 aliphatic rings. The molecule has 17 heavy (non-hydrogen) atoms. The molecular formula is C13H20N4. The van der Waals surface area contributed by atoms with E-state index in [9.17, 15) is 0 Å². The van der Waals surface area contributed by atoms with E-state index in [1.165, 1.54) is 6.42 Å². The van der Waals surface area contributed by atoms with Gasteiger partial charge in [-0.25, -0.2) is 4.98 Å². The Morgan fingerprint density at radius 3 is 2.82 bits per heavy atom. The van der Waals surface area contributed by atoms with Crippen LogP contribution in [0.15, 0.2) is 24.3 Å². The summed E-state index contributed by atoms with van der Waals surface area (Å²) in [6.45, 7) is 2.11. The van der Waals surface area contributed by atoms with Gasteiger partial charge in [-0.15, -0.1) is 0 Å². The maximum Gasteiger partial charge on any atom is 0.201 e. The number of nitrogens with zero attached hydrogens (tertiary/aromatic N) is 2. The zero-order valence-electron chi connectivity index (χ0n) is 10.5. The quantitative estimate of drug-likeness (QED) is 0.751. The highest BCUT2D eigenvalue weighted by atomic mass is 15.1. The summed E-state index contributed by atoms with van der Waals surface area (Å²) in [6.07, 6.45) is 2.37. The Bertz CT molecular complexity index is 428. The minimum absolute atomic E-state index is 0.871. The smallest absolute Gasteiger partial charge is 0.201 e. The first-order valence-corrected chi connectivity index (χ1v) is 6.09. The van der Waals surface area contributed by atoms with Gasteiger partial charge in [-0.1, -0.05) is 12.1 Å². The number of nitrogens with one attached hydrogen (secondary N) is 2. The minimum atomic E-state index is 0.871. The Morgan fingerprint density at radius 2 is 2.06 bits per heavy atom. The monoisotopic (exact) mass is 232 g/mol. The molecule has 4 nitrogen and oxygen atoms in total. The van der Waals surface area contributed by atoms with Gasteiger partial charge in [-0.05, 0) is 45.6 Å². The Kier molecular flexibility index (Phi) is 3.98. The van der Waals surface area contributed by atoms with Crippen LogP contribution in [0.25, 0.3) is 11.0 Å². The molecule has 0 saturated heterocycles. The molecule has 92 valence electrons. The van der Waals surface area contributed by atoms with Crippen molar-refractivity contribution in [2.45, 2.75) is 12.8 Å². The summed E-state index contributed by atoms with van der Waals surface area (Å²) in [5, 5.41) is 3.32. The molecule has 0 atom stereocenters. The molecule has 0 bridgehead atoms. The first kappa shape index (κ1) is 11.9. The summed E-state index contributed by atoms with van der Waals surface area (Å²) in [5.74, 6) is 0.871. The van der Waals surface area contributed by atoms with Crippen LogP contribution in [0.1, 0.15) is 12.8 Å². The topological polar surface area (TPSA) is 44.0 Å². The van der Waals surface area contributed by atoms with Crippen LogP contribution in [0, 0.1) is 0 Å². The molecule has 1 heterocycles. The van der Waals surface area contributed by atoms with Crippen molar-refractivity contribution in [3.8, 4) is 0 Å². The molecule has 0 spiro atoms. The highest BCUT2D eigenvalue weighted by molar-refractivity contribution is 5.77. The van der Waals surface area contributed by atoms with Crippen LogP contribution in [0.2, 0.25) is 0 Å². The molecule has 0 fully saturated rings. The fourth-order valence-corrected chi connectivity index (χ4v) is 1.80. The number of aromatic amines is 1. The third-order valence-electron chi connectivity index (χ3n) is 2.71. The maximum absolute atomic E-state index is 4.47. The third-order valence-corrected chi connectivity index (χ3v) is 2.71. The first-order valence-electron chi connectivity index (χ1n) is 6.09. The van der Waals surface area contributed by atoms with Gasteiger partial charge in [-0.3, -0.25) is 0 Å². The molecule has 0 radical (unpaired) electrons. The van der Waals surface area contributed by atoms with Crippen molar-refractivity contribution in [2.75, 3.05) is 32.5 Å². The third kappa shape index (κ3) is 3.46. The average molecular weight is 232 g/mol. The number of fused-ring (bicyclic) bond motifs is 1. The predicted octanol–water partition coefficient (Wildman–Crippen LogP) is 2.32. The summed E-state index contributed by atoms with van der Waals surface area (Å²) in [6, 6.07) is 8.08. The number of unbranched alkanes of at least 4 members (excludes halogenated alkanes) is 1. The van der Waals surface area contributed by atoms with Gasteiger partial charge in [-0.2, -0.15) is 0 Å². The van der Waals surface area contributed by atoms with Crippen LogP contribution in [0.5, 0.6) is 0 Å². The van der Waals surface area contributed by atoms with E-state index >= 15 is 0 Å². The van der Waals surface area contributed by atoms with Gasteiger partial charge in [0.05, 0.1) is 11.0 Å². The van der Waals surface area contributed by atoms with E-state index in [2.05, 4.69) is 34.3 Å². The van der Waals surface area contributed by atoms with Crippen LogP contribution in [-0.2, 0) is 0 Å². The second kappa shape index (κ2) is 5.68. The van der Waals surface area contributed by atoms with Gasteiger partial charge >= 0.3 is 0 Å². The van der Waals surface area contributed by atoms with Crippen molar-refractivity contribution in [1.82, 2.24) is 14.9 Å². The zero-order chi connectivity index (χ0) is 12.1. The summed E-state index contributed by atoms with van der Waals surface area (Å²) in [5.41, 5.74) is 2.10. The van der Waals surface area contributed by atoms with E-state index in [1.807, 2.05) is 24.3 Å². The second-order valence-corrected chi connectivity index (χ2v) is 4.54. The fourth-order valence-electron chi connectivity index (χ4n) is 1.80. The summed E-state index contributed by atoms with van der Waals surface area (Å²) >= 11 is 0. The van der Waals surface area contributed by atoms with Crippen molar-refractivity contribution < 1.29 is 0 Å². The van der Waals surface area contributed by atoms with E-state index < -0.39 is 0 Å². The number of H-pyrrole nitrogens is 1. The largest absolute Gasteiger partial charge is 0.356 e. The number of imidazole rings is 1. The van der Waals surface area contributed by atoms with Crippen molar-refractivity contribution in [3.05, 3.63) is 24.3 Å². The molecule has 1 aromatic heterocycles. The molecular weight excluding hydrogens is 212 g/mol. The number of para-hydroxylation sites is 2. The van der Waals surface area contributed by atoms with Gasteiger partial charge < -0.3 is 15.2 Å². The Morgan fingerprint density at radius 1 is 1.24 bits per heavy atom. The molecule has 0 aliphatic carbocycles. The van der Waals surface area contributed by atoms with Gasteiger partial charge in [0.2, 0.25) is 5.95 Å². The van der Waals surface area contributed by atoms with E-state index in [0.717, 1.165) is 36.5 Å². The predicted molar refractivity (Wildman–Crippen MR) is 72.4 cm³/mol. The van der Waals surface area contributed by atoms with Crippen LogP contribution < -0.4 is 5.32 Å². The normalized spacial score (nSPS) is 11.2. The molecule has 0 unspecified atom stereocenters. The molecule has 4 heteroatoms. The zero-order valence-corrected chi connectivity index (χ0v) is 10.5. The molecule has 0 amide bonds. The summed E-state index contributed by atoms with van der Waals surface area (Å²) < 4.78 is 0. The highest BCUT2D eigenvalue weighted by Crippen LogP contribution is 2.13. The van der Waals surface area contributed by atoms with Gasteiger partial charge in [0, 0.05) is 6.54 Å². The molecule has 2 aromatic rings. The Hall–Kier alpha value is -1.55. The van der Waals surface area contributed by atoms with E-state index in [-0.39, 0.29) is 0 Å². The molecule has 1 aromatic carbocycles. The van der Waals surface area contributed by atoms with Crippen LogP contribution in [-0.4, -0.2) is 42.1 Å². The van der Waals surface area contributed by atoms with Crippen LogP contribution in [0.3, 0.4) is 0 Å². The molecule has 0 saturated carbocycles. The van der Waals surface area contributed by atoms with Gasteiger partial charge in [0.15, 0.2) is 0 Å². The van der Waals surface area contributed by atoms with Crippen molar-refractivity contribution in [3.63, 3.8) is 0 Å². The standard InChI is InChI=1S/C13H20N4/c1-17(2)10-6-5-9-14-13-15-11-7-3-4-8-12(11)16-13/h3-4,7-8H,5-6,9-10H2,1-2H3,(H2,14,15,16). The van der Waals surface area contributed by atoms with Crippen LogP contribution in [0.4, 0.5) is 5.95 Å². The number of anilines is 1. The van der Waals surface area contributed by atoms with Gasteiger partial charge in [0.25, 0.3) is 0 Å². The number of hydrogen-bond donors (Lipinski definition) is 2. The summed E-state index contributed by atoms with van der Waals surface area (Å²) in [7, 11) is 4.21. The molecule has 0 aliphatic heterocycles. The van der Waals surface area contributed by atoms with Crippen LogP contribution >= 0.6 is 0 Å². The lowest BCUT2D eigenvalue weighted by molar-refractivity contribution is 0.396. The molecule has 2 N–H and O–H groups in total. The molecule has 2 rings (SSSR count). The first-order chi connectivity index (χ1) is 8.25. The number of rotatable bonds is 6. The van der Waals surface area contributed by atoms with Crippen molar-refractivity contribution in [1.29, 1.82) is 0 Å². The van der Waals surface area contributed by atoms with Crippen molar-refractivity contribution in [2.24, 2.45) is 0 Å². The SMILES string of the molecule is CN(C)CCCCNc1nc2ccccc2[nH]1. The van der Waals surface area contributed by atoms with E-state index in [1.54, 1.807) is 0 Å². The van der Waals surface area contributed by atoms with Crippen molar-refractivity contribution >= 4 is 17.0 Å². The lowest BCUT2D eigenvalue weighted by atomic mass is 10.3.